The summed E-state index contributed by atoms with van der Waals surface area (Å²) in [6.45, 7) is 3.47. The maximum absolute atomic E-state index is 11.4. The van der Waals surface area contributed by atoms with Crippen molar-refractivity contribution in [2.24, 2.45) is 0 Å². The number of ether oxygens (including phenoxy) is 1. The molecule has 1 aromatic carbocycles. The molecule has 1 rings (SSSR count). The normalized spacial score (nSPS) is 9.85. The number of nitrogens with one attached hydrogen (secondary N) is 2. The molecular formula is C14H18ClN3O2. The van der Waals surface area contributed by atoms with E-state index < -0.39 is 0 Å². The highest BCUT2D eigenvalue weighted by molar-refractivity contribution is 6.30. The van der Waals surface area contributed by atoms with Crippen LogP contribution < -0.4 is 15.4 Å². The van der Waals surface area contributed by atoms with E-state index in [2.05, 4.69) is 17.6 Å². The number of carbonyl (C=O) groups is 1. The molecule has 0 aliphatic heterocycles. The third-order valence-electron chi connectivity index (χ3n) is 2.49. The fourth-order valence-corrected chi connectivity index (χ4v) is 1.75. The topological polar surface area (TPSA) is 74.2 Å². The van der Waals surface area contributed by atoms with Crippen LogP contribution in [0.3, 0.4) is 0 Å². The largest absolute Gasteiger partial charge is 0.483 e. The first-order valence-electron chi connectivity index (χ1n) is 6.43. The molecule has 0 radical (unpaired) electrons. The van der Waals surface area contributed by atoms with Crippen LogP contribution in [0, 0.1) is 11.3 Å². The predicted molar refractivity (Wildman–Crippen MR) is 77.6 cm³/mol. The van der Waals surface area contributed by atoms with E-state index in [0.717, 1.165) is 18.5 Å². The lowest BCUT2D eigenvalue weighted by Crippen LogP contribution is -2.29. The molecule has 108 valence electrons. The minimum atomic E-state index is -0.325. The van der Waals surface area contributed by atoms with Crippen LogP contribution in [0.5, 0.6) is 5.75 Å². The number of nitriles is 1. The molecule has 1 aromatic rings. The van der Waals surface area contributed by atoms with Gasteiger partial charge in [0.1, 0.15) is 12.3 Å². The summed E-state index contributed by atoms with van der Waals surface area (Å²) in [7, 11) is 0. The lowest BCUT2D eigenvalue weighted by Gasteiger charge is -2.12. The maximum Gasteiger partial charge on any atom is 0.258 e. The van der Waals surface area contributed by atoms with E-state index in [1.165, 1.54) is 0 Å². The van der Waals surface area contributed by atoms with Crippen LogP contribution in [0.15, 0.2) is 18.2 Å². The number of amides is 1. The Morgan fingerprint density at radius 2 is 2.30 bits per heavy atom. The first-order chi connectivity index (χ1) is 9.67. The standard InChI is InChI=1S/C14H18ClN3O2/c1-2-6-17-9-11-8-12(15)3-4-13(11)20-10-14(19)18-7-5-16/h3-4,8,17H,2,6-7,9-10H2,1H3,(H,18,19). The molecule has 5 nitrogen and oxygen atoms in total. The molecule has 0 aliphatic carbocycles. The number of rotatable bonds is 8. The first kappa shape index (κ1) is 16.3. The summed E-state index contributed by atoms with van der Waals surface area (Å²) >= 11 is 5.96. The second-order valence-electron chi connectivity index (χ2n) is 4.15. The van der Waals surface area contributed by atoms with Crippen LogP contribution in [-0.2, 0) is 11.3 Å². The zero-order chi connectivity index (χ0) is 14.8. The quantitative estimate of drug-likeness (QED) is 0.567. The average molecular weight is 296 g/mol. The number of hydrogen-bond donors (Lipinski definition) is 2. The van der Waals surface area contributed by atoms with E-state index in [0.29, 0.717) is 17.3 Å². The molecule has 0 saturated carbocycles. The number of nitrogens with zero attached hydrogens (tertiary/aromatic N) is 1. The molecule has 0 atom stereocenters. The van der Waals surface area contributed by atoms with Gasteiger partial charge in [0.25, 0.3) is 5.91 Å². The first-order valence-corrected chi connectivity index (χ1v) is 6.80. The second-order valence-corrected chi connectivity index (χ2v) is 4.59. The van der Waals surface area contributed by atoms with Crippen molar-refractivity contribution >= 4 is 17.5 Å². The summed E-state index contributed by atoms with van der Waals surface area (Å²) in [5, 5.41) is 14.7. The third kappa shape index (κ3) is 5.91. The Labute approximate surface area is 123 Å². The highest BCUT2D eigenvalue weighted by atomic mass is 35.5. The van der Waals surface area contributed by atoms with Gasteiger partial charge in [0.15, 0.2) is 6.61 Å². The van der Waals surface area contributed by atoms with Crippen LogP contribution in [0.2, 0.25) is 5.02 Å². The molecule has 0 spiro atoms. The third-order valence-corrected chi connectivity index (χ3v) is 2.72. The fourth-order valence-electron chi connectivity index (χ4n) is 1.56. The average Bonchev–Trinajstić information content (AvgIpc) is 2.44. The van der Waals surface area contributed by atoms with Crippen LogP contribution in [0.1, 0.15) is 18.9 Å². The van der Waals surface area contributed by atoms with Crippen LogP contribution >= 0.6 is 11.6 Å². The van der Waals surface area contributed by atoms with Gasteiger partial charge in [0, 0.05) is 17.1 Å². The highest BCUT2D eigenvalue weighted by Gasteiger charge is 2.07. The molecule has 0 unspecified atom stereocenters. The van der Waals surface area contributed by atoms with Gasteiger partial charge in [-0.15, -0.1) is 0 Å². The summed E-state index contributed by atoms with van der Waals surface area (Å²) in [6.07, 6.45) is 1.04. The molecule has 6 heteroatoms. The van der Waals surface area contributed by atoms with Gasteiger partial charge in [0.2, 0.25) is 0 Å². The fraction of sp³-hybridized carbons (Fsp3) is 0.429. The summed E-state index contributed by atoms with van der Waals surface area (Å²) in [6, 6.07) is 7.10. The Hall–Kier alpha value is -1.77. The number of carbonyl (C=O) groups excluding carboxylic acids is 1. The molecule has 2 N–H and O–H groups in total. The SMILES string of the molecule is CCCNCc1cc(Cl)ccc1OCC(=O)NCC#N. The zero-order valence-electron chi connectivity index (χ0n) is 11.4. The molecule has 0 aromatic heterocycles. The second kappa shape index (κ2) is 9.18. The summed E-state index contributed by atoms with van der Waals surface area (Å²) in [5.74, 6) is 0.291. The summed E-state index contributed by atoms with van der Waals surface area (Å²) in [4.78, 5) is 11.4. The molecule has 0 bridgehead atoms. The minimum absolute atomic E-state index is 0.0201. The lowest BCUT2D eigenvalue weighted by molar-refractivity contribution is -0.122. The highest BCUT2D eigenvalue weighted by Crippen LogP contribution is 2.22. The van der Waals surface area contributed by atoms with E-state index in [-0.39, 0.29) is 19.1 Å². The molecule has 0 saturated heterocycles. The Morgan fingerprint density at radius 1 is 1.50 bits per heavy atom. The minimum Gasteiger partial charge on any atom is -0.483 e. The van der Waals surface area contributed by atoms with Crippen molar-refractivity contribution in [3.8, 4) is 11.8 Å². The van der Waals surface area contributed by atoms with Gasteiger partial charge in [-0.2, -0.15) is 5.26 Å². The van der Waals surface area contributed by atoms with Gasteiger partial charge in [-0.05, 0) is 31.2 Å². The molecule has 0 heterocycles. The molecule has 20 heavy (non-hydrogen) atoms. The molecule has 1 amide bonds. The van der Waals surface area contributed by atoms with Crippen molar-refractivity contribution in [2.45, 2.75) is 19.9 Å². The summed E-state index contributed by atoms with van der Waals surface area (Å²) in [5.41, 5.74) is 0.902. The number of benzene rings is 1. The van der Waals surface area contributed by atoms with Gasteiger partial charge in [-0.1, -0.05) is 18.5 Å². The van der Waals surface area contributed by atoms with Crippen LogP contribution in [0.4, 0.5) is 0 Å². The van der Waals surface area contributed by atoms with Crippen LogP contribution in [-0.4, -0.2) is 25.6 Å². The van der Waals surface area contributed by atoms with Gasteiger partial charge in [0.05, 0.1) is 6.07 Å². The lowest BCUT2D eigenvalue weighted by atomic mass is 10.2. The predicted octanol–water partition coefficient (Wildman–Crippen LogP) is 1.86. The van der Waals surface area contributed by atoms with Crippen molar-refractivity contribution in [1.82, 2.24) is 10.6 Å². The van der Waals surface area contributed by atoms with Gasteiger partial charge in [-0.25, -0.2) is 0 Å². The number of halogens is 1. The Kier molecular flexibility index (Phi) is 7.48. The van der Waals surface area contributed by atoms with Crippen molar-refractivity contribution in [3.05, 3.63) is 28.8 Å². The molecular weight excluding hydrogens is 278 g/mol. The number of hydrogen-bond acceptors (Lipinski definition) is 4. The van der Waals surface area contributed by atoms with Gasteiger partial charge in [-0.3, -0.25) is 4.79 Å². The Morgan fingerprint density at radius 3 is 3.00 bits per heavy atom. The Balaban J connectivity index is 2.59. The monoisotopic (exact) mass is 295 g/mol. The van der Waals surface area contributed by atoms with Crippen molar-refractivity contribution in [1.29, 1.82) is 5.26 Å². The van der Waals surface area contributed by atoms with E-state index >= 15 is 0 Å². The Bertz CT molecular complexity index is 486. The zero-order valence-corrected chi connectivity index (χ0v) is 12.2. The van der Waals surface area contributed by atoms with Crippen molar-refractivity contribution in [3.63, 3.8) is 0 Å². The summed E-state index contributed by atoms with van der Waals surface area (Å²) < 4.78 is 5.46. The van der Waals surface area contributed by atoms with E-state index in [4.69, 9.17) is 21.6 Å². The van der Waals surface area contributed by atoms with Crippen molar-refractivity contribution < 1.29 is 9.53 Å². The van der Waals surface area contributed by atoms with E-state index in [1.54, 1.807) is 12.1 Å². The van der Waals surface area contributed by atoms with E-state index in [9.17, 15) is 4.79 Å². The van der Waals surface area contributed by atoms with Gasteiger partial charge >= 0.3 is 0 Å². The van der Waals surface area contributed by atoms with Crippen LogP contribution in [0.25, 0.3) is 0 Å². The molecule has 0 fully saturated rings. The molecule has 0 aliphatic rings. The maximum atomic E-state index is 11.4. The smallest absolute Gasteiger partial charge is 0.258 e. The van der Waals surface area contributed by atoms with Crippen molar-refractivity contribution in [2.75, 3.05) is 19.7 Å². The van der Waals surface area contributed by atoms with E-state index in [1.807, 2.05) is 12.1 Å². The van der Waals surface area contributed by atoms with Gasteiger partial charge < -0.3 is 15.4 Å².